The van der Waals surface area contributed by atoms with Gasteiger partial charge in [0.05, 0.1) is 11.2 Å². The first-order valence-electron chi connectivity index (χ1n) is 8.98. The van der Waals surface area contributed by atoms with Crippen LogP contribution in [0.5, 0.6) is 0 Å². The summed E-state index contributed by atoms with van der Waals surface area (Å²) in [5, 5.41) is 1.73. The van der Waals surface area contributed by atoms with Crippen LogP contribution in [0.15, 0.2) is 72.8 Å². The molecule has 0 bridgehead atoms. The van der Waals surface area contributed by atoms with E-state index in [4.69, 9.17) is 32.7 Å². The molecule has 3 aromatic carbocycles. The number of rotatable bonds is 5. The molecule has 0 aliphatic carbocycles. The Morgan fingerprint density at radius 2 is 1.46 bits per heavy atom. The third-order valence-electron chi connectivity index (χ3n) is 4.14. The Morgan fingerprint density at radius 1 is 0.857 bits per heavy atom. The predicted molar refractivity (Wildman–Crippen MR) is 114 cm³/mol. The Labute approximate surface area is 175 Å². The molecule has 5 heteroatoms. The summed E-state index contributed by atoms with van der Waals surface area (Å²) in [4.78, 5) is 13.0. The number of ether oxygens (including phenoxy) is 2. The summed E-state index contributed by atoms with van der Waals surface area (Å²) in [5.74, 6) is -0.548. The van der Waals surface area contributed by atoms with E-state index in [1.807, 2.05) is 75.4 Å². The fourth-order valence-corrected chi connectivity index (χ4v) is 3.28. The molecule has 28 heavy (non-hydrogen) atoms. The Kier molecular flexibility index (Phi) is 5.99. The maximum absolute atomic E-state index is 13.0. The standard InChI is InChI=1S/C23H22Cl2O3/c1-22(2,3)28-21(23(24,25)17-12-5-4-6-13-17)27-20(26)19-15-9-11-16-10-7-8-14-18(16)19/h4-15,21H,1-3H3. The van der Waals surface area contributed by atoms with Gasteiger partial charge in [-0.1, -0.05) is 89.9 Å². The molecule has 0 aliphatic rings. The lowest BCUT2D eigenvalue weighted by atomic mass is 10.0. The molecule has 0 heterocycles. The van der Waals surface area contributed by atoms with Gasteiger partial charge >= 0.3 is 5.97 Å². The van der Waals surface area contributed by atoms with Crippen molar-refractivity contribution in [2.24, 2.45) is 0 Å². The van der Waals surface area contributed by atoms with Crippen LogP contribution in [0, 0.1) is 0 Å². The molecule has 1 atom stereocenters. The van der Waals surface area contributed by atoms with Crippen molar-refractivity contribution >= 4 is 39.9 Å². The Balaban J connectivity index is 1.96. The van der Waals surface area contributed by atoms with Crippen molar-refractivity contribution in [1.29, 1.82) is 0 Å². The van der Waals surface area contributed by atoms with Crippen molar-refractivity contribution in [3.8, 4) is 0 Å². The van der Waals surface area contributed by atoms with E-state index in [9.17, 15) is 4.79 Å². The summed E-state index contributed by atoms with van der Waals surface area (Å²) in [6.45, 7) is 5.54. The number of fused-ring (bicyclic) bond motifs is 1. The van der Waals surface area contributed by atoms with Crippen molar-refractivity contribution in [2.75, 3.05) is 0 Å². The largest absolute Gasteiger partial charge is 0.428 e. The zero-order valence-electron chi connectivity index (χ0n) is 16.0. The molecule has 0 amide bonds. The number of carbonyl (C=O) groups is 1. The first-order chi connectivity index (χ1) is 13.2. The molecular formula is C23H22Cl2O3. The molecule has 146 valence electrons. The van der Waals surface area contributed by atoms with Crippen molar-refractivity contribution in [1.82, 2.24) is 0 Å². The molecule has 0 saturated heterocycles. The van der Waals surface area contributed by atoms with Crippen LogP contribution in [0.3, 0.4) is 0 Å². The van der Waals surface area contributed by atoms with Crippen LogP contribution < -0.4 is 0 Å². The van der Waals surface area contributed by atoms with E-state index >= 15 is 0 Å². The highest BCUT2D eigenvalue weighted by atomic mass is 35.5. The molecular weight excluding hydrogens is 395 g/mol. The topological polar surface area (TPSA) is 35.5 Å². The van der Waals surface area contributed by atoms with Gasteiger partial charge in [-0.2, -0.15) is 0 Å². The highest BCUT2D eigenvalue weighted by Gasteiger charge is 2.43. The van der Waals surface area contributed by atoms with Crippen molar-refractivity contribution in [3.63, 3.8) is 0 Å². The monoisotopic (exact) mass is 416 g/mol. The van der Waals surface area contributed by atoms with Gasteiger partial charge in [0.25, 0.3) is 0 Å². The van der Waals surface area contributed by atoms with E-state index in [1.165, 1.54) is 0 Å². The molecule has 3 nitrogen and oxygen atoms in total. The van der Waals surface area contributed by atoms with Gasteiger partial charge in [0.1, 0.15) is 0 Å². The molecule has 0 saturated carbocycles. The van der Waals surface area contributed by atoms with Gasteiger partial charge < -0.3 is 9.47 Å². The zero-order chi connectivity index (χ0) is 20.4. The molecule has 3 rings (SSSR count). The molecule has 0 fully saturated rings. The first-order valence-corrected chi connectivity index (χ1v) is 9.74. The fraction of sp³-hybridized carbons (Fsp3) is 0.261. The van der Waals surface area contributed by atoms with Gasteiger partial charge in [-0.15, -0.1) is 0 Å². The van der Waals surface area contributed by atoms with Crippen LogP contribution in [-0.2, 0) is 13.8 Å². The van der Waals surface area contributed by atoms with Crippen LogP contribution in [-0.4, -0.2) is 17.9 Å². The normalized spacial score (nSPS) is 13.3. The number of carbonyl (C=O) groups excluding carboxylic acids is 1. The van der Waals surface area contributed by atoms with E-state index in [0.717, 1.165) is 10.8 Å². The van der Waals surface area contributed by atoms with Crippen molar-refractivity contribution in [2.45, 2.75) is 37.0 Å². The maximum atomic E-state index is 13.0. The zero-order valence-corrected chi connectivity index (χ0v) is 17.5. The third kappa shape index (κ3) is 4.67. The van der Waals surface area contributed by atoms with E-state index in [2.05, 4.69) is 0 Å². The van der Waals surface area contributed by atoms with Gasteiger partial charge in [-0.05, 0) is 43.2 Å². The molecule has 0 spiro atoms. The summed E-state index contributed by atoms with van der Waals surface area (Å²) in [6, 6.07) is 22.1. The Bertz CT molecular complexity index is 957. The first kappa shape index (κ1) is 20.7. The lowest BCUT2D eigenvalue weighted by molar-refractivity contribution is -0.175. The van der Waals surface area contributed by atoms with E-state index < -0.39 is 22.2 Å². The molecule has 0 aliphatic heterocycles. The highest BCUT2D eigenvalue weighted by Crippen LogP contribution is 2.41. The summed E-state index contributed by atoms with van der Waals surface area (Å²) in [7, 11) is 0. The highest BCUT2D eigenvalue weighted by molar-refractivity contribution is 6.48. The minimum atomic E-state index is -1.57. The van der Waals surface area contributed by atoms with Crippen LogP contribution in [0.1, 0.15) is 36.7 Å². The fourth-order valence-electron chi connectivity index (χ4n) is 2.85. The number of hydrogen-bond acceptors (Lipinski definition) is 3. The minimum absolute atomic E-state index is 0.429. The SMILES string of the molecule is CC(C)(C)OC(OC(=O)c1cccc2ccccc12)C(Cl)(Cl)c1ccccc1. The number of alkyl halides is 2. The number of benzene rings is 3. The van der Waals surface area contributed by atoms with Crippen LogP contribution in [0.4, 0.5) is 0 Å². The minimum Gasteiger partial charge on any atom is -0.428 e. The van der Waals surface area contributed by atoms with Gasteiger partial charge in [-0.25, -0.2) is 4.79 Å². The average molecular weight is 417 g/mol. The van der Waals surface area contributed by atoms with Gasteiger partial charge in [-0.3, -0.25) is 0 Å². The second-order valence-electron chi connectivity index (χ2n) is 7.48. The number of hydrogen-bond donors (Lipinski definition) is 0. The molecule has 3 aromatic rings. The molecule has 0 radical (unpaired) electrons. The summed E-state index contributed by atoms with van der Waals surface area (Å²) < 4.78 is 10.1. The van der Waals surface area contributed by atoms with E-state index in [1.54, 1.807) is 18.2 Å². The van der Waals surface area contributed by atoms with Gasteiger partial charge in [0, 0.05) is 0 Å². The smallest absolute Gasteiger partial charge is 0.341 e. The van der Waals surface area contributed by atoms with E-state index in [-0.39, 0.29) is 0 Å². The summed E-state index contributed by atoms with van der Waals surface area (Å²) in [5.41, 5.74) is 0.379. The van der Waals surface area contributed by atoms with Crippen molar-refractivity contribution in [3.05, 3.63) is 83.9 Å². The average Bonchev–Trinajstić information content (AvgIpc) is 2.66. The Hall–Kier alpha value is -2.07. The lowest BCUT2D eigenvalue weighted by Crippen LogP contribution is -2.41. The second kappa shape index (κ2) is 8.12. The maximum Gasteiger partial charge on any atom is 0.341 e. The molecule has 0 aromatic heterocycles. The predicted octanol–water partition coefficient (Wildman–Crippen LogP) is 6.47. The molecule has 0 N–H and O–H groups in total. The lowest BCUT2D eigenvalue weighted by Gasteiger charge is -2.34. The van der Waals surface area contributed by atoms with Gasteiger partial charge in [0.2, 0.25) is 10.6 Å². The number of halogens is 2. The van der Waals surface area contributed by atoms with Gasteiger partial charge in [0.15, 0.2) is 0 Å². The Morgan fingerprint density at radius 3 is 2.14 bits per heavy atom. The van der Waals surface area contributed by atoms with Crippen LogP contribution in [0.25, 0.3) is 10.8 Å². The summed E-state index contributed by atoms with van der Waals surface area (Å²) >= 11 is 13.3. The summed E-state index contributed by atoms with van der Waals surface area (Å²) in [6.07, 6.45) is -1.20. The second-order valence-corrected chi connectivity index (χ2v) is 8.87. The quantitative estimate of drug-likeness (QED) is 0.271. The molecule has 1 unspecified atom stereocenters. The van der Waals surface area contributed by atoms with Crippen LogP contribution in [0.2, 0.25) is 0 Å². The number of esters is 1. The van der Waals surface area contributed by atoms with E-state index in [0.29, 0.717) is 11.1 Å². The third-order valence-corrected chi connectivity index (χ3v) is 4.93. The van der Waals surface area contributed by atoms with Crippen LogP contribution >= 0.6 is 23.2 Å². The van der Waals surface area contributed by atoms with Crippen molar-refractivity contribution < 1.29 is 14.3 Å².